The van der Waals surface area contributed by atoms with E-state index in [-0.39, 0.29) is 5.41 Å². The van der Waals surface area contributed by atoms with Crippen LogP contribution in [0.3, 0.4) is 0 Å². The topological polar surface area (TPSA) is 8.17 Å². The van der Waals surface area contributed by atoms with Crippen molar-refractivity contribution in [2.24, 2.45) is 0 Å². The summed E-state index contributed by atoms with van der Waals surface area (Å²) in [6.07, 6.45) is 0. The zero-order valence-electron chi connectivity index (χ0n) is 26.6. The molecule has 0 saturated carbocycles. The normalized spacial score (nSPS) is 13.1. The highest BCUT2D eigenvalue weighted by molar-refractivity contribution is 6.10. The molecular weight excluding hydrogens is 569 g/mol. The molecule has 0 atom stereocenters. The highest BCUT2D eigenvalue weighted by Crippen LogP contribution is 2.53. The molecular formula is C45H34N2. The summed E-state index contributed by atoms with van der Waals surface area (Å²) in [7, 11) is 0. The molecule has 0 radical (unpaired) electrons. The van der Waals surface area contributed by atoms with Crippen LogP contribution in [0.25, 0.3) is 49.7 Å². The lowest BCUT2D eigenvalue weighted by Gasteiger charge is -2.27. The quantitative estimate of drug-likeness (QED) is 0.190. The van der Waals surface area contributed by atoms with Crippen molar-refractivity contribution in [1.29, 1.82) is 0 Å². The first-order chi connectivity index (χ1) is 23.1. The Balaban J connectivity index is 1.27. The summed E-state index contributed by atoms with van der Waals surface area (Å²) in [5.41, 5.74) is 14.8. The fourth-order valence-corrected chi connectivity index (χ4v) is 7.77. The summed E-state index contributed by atoms with van der Waals surface area (Å²) >= 11 is 0. The van der Waals surface area contributed by atoms with Crippen molar-refractivity contribution in [2.75, 3.05) is 4.90 Å². The van der Waals surface area contributed by atoms with E-state index >= 15 is 0 Å². The van der Waals surface area contributed by atoms with Gasteiger partial charge < -0.3 is 9.47 Å². The van der Waals surface area contributed by atoms with Crippen LogP contribution in [-0.2, 0) is 5.41 Å². The van der Waals surface area contributed by atoms with Crippen LogP contribution in [0.15, 0.2) is 170 Å². The summed E-state index contributed by atoms with van der Waals surface area (Å²) in [5, 5.41) is 2.49. The van der Waals surface area contributed by atoms with Crippen LogP contribution >= 0.6 is 0 Å². The summed E-state index contributed by atoms with van der Waals surface area (Å²) in [6, 6.07) is 61.8. The summed E-state index contributed by atoms with van der Waals surface area (Å²) in [4.78, 5) is 2.41. The maximum absolute atomic E-state index is 2.42. The van der Waals surface area contributed by atoms with Crippen molar-refractivity contribution in [2.45, 2.75) is 19.3 Å². The Morgan fingerprint density at radius 1 is 0.447 bits per heavy atom. The van der Waals surface area contributed by atoms with E-state index in [0.29, 0.717) is 0 Å². The summed E-state index contributed by atoms with van der Waals surface area (Å²) < 4.78 is 2.38. The third-order valence-corrected chi connectivity index (χ3v) is 9.97. The molecule has 1 aromatic heterocycles. The molecule has 2 nitrogen and oxygen atoms in total. The minimum Gasteiger partial charge on any atom is -0.310 e. The predicted molar refractivity (Wildman–Crippen MR) is 198 cm³/mol. The maximum Gasteiger partial charge on any atom is 0.0542 e. The molecule has 2 heteroatoms. The second-order valence-corrected chi connectivity index (χ2v) is 13.0. The first-order valence-corrected chi connectivity index (χ1v) is 16.4. The second kappa shape index (κ2) is 10.6. The Kier molecular flexibility index (Phi) is 6.20. The summed E-state index contributed by atoms with van der Waals surface area (Å²) in [6.45, 7) is 4.72. The zero-order chi connectivity index (χ0) is 31.5. The van der Waals surface area contributed by atoms with Crippen molar-refractivity contribution < 1.29 is 0 Å². The highest BCUT2D eigenvalue weighted by atomic mass is 15.1. The standard InChI is InChI=1S/C45H34N2/c1-45(2)40-27-25-34(30-39(40)44-36(22-14-23-41(44)45)31-15-6-3-7-16-31)46(32-17-8-4-9-18-32)35-26-28-43-38(29-35)37-21-12-13-24-42(37)47(43)33-19-10-5-11-20-33/h3-30H,1-2H3. The number of benzene rings is 7. The van der Waals surface area contributed by atoms with Crippen LogP contribution in [0.5, 0.6) is 0 Å². The van der Waals surface area contributed by atoms with Crippen LogP contribution in [0.2, 0.25) is 0 Å². The molecule has 0 saturated heterocycles. The lowest BCUT2D eigenvalue weighted by atomic mass is 9.82. The van der Waals surface area contributed by atoms with Gasteiger partial charge in [-0.3, -0.25) is 0 Å². The lowest BCUT2D eigenvalue weighted by molar-refractivity contribution is 0.660. The fraction of sp³-hybridized carbons (Fsp3) is 0.0667. The molecule has 0 fully saturated rings. The second-order valence-electron chi connectivity index (χ2n) is 13.0. The molecule has 0 amide bonds. The van der Waals surface area contributed by atoms with Crippen molar-refractivity contribution in [3.8, 4) is 27.9 Å². The van der Waals surface area contributed by atoms with E-state index < -0.39 is 0 Å². The molecule has 0 spiro atoms. The number of anilines is 3. The van der Waals surface area contributed by atoms with E-state index in [4.69, 9.17) is 0 Å². The molecule has 0 bridgehead atoms. The Hall–Kier alpha value is -5.86. The minimum absolute atomic E-state index is 0.0935. The molecule has 47 heavy (non-hydrogen) atoms. The Bertz CT molecular complexity index is 2420. The van der Waals surface area contributed by atoms with E-state index in [1.54, 1.807) is 0 Å². The molecule has 1 heterocycles. The third kappa shape index (κ3) is 4.26. The van der Waals surface area contributed by atoms with Crippen LogP contribution in [0, 0.1) is 0 Å². The van der Waals surface area contributed by atoms with Gasteiger partial charge in [0.1, 0.15) is 0 Å². The molecule has 224 valence electrons. The van der Waals surface area contributed by atoms with Gasteiger partial charge in [-0.1, -0.05) is 123 Å². The van der Waals surface area contributed by atoms with Crippen molar-refractivity contribution >= 4 is 38.9 Å². The van der Waals surface area contributed by atoms with Gasteiger partial charge in [0.05, 0.1) is 11.0 Å². The number of fused-ring (bicyclic) bond motifs is 6. The first kappa shape index (κ1) is 27.5. The van der Waals surface area contributed by atoms with Crippen LogP contribution in [-0.4, -0.2) is 4.57 Å². The first-order valence-electron chi connectivity index (χ1n) is 16.4. The van der Waals surface area contributed by atoms with Gasteiger partial charge in [0.15, 0.2) is 0 Å². The average molecular weight is 603 g/mol. The van der Waals surface area contributed by atoms with Gasteiger partial charge in [-0.2, -0.15) is 0 Å². The number of para-hydroxylation sites is 3. The van der Waals surface area contributed by atoms with Crippen LogP contribution < -0.4 is 4.90 Å². The van der Waals surface area contributed by atoms with E-state index in [1.165, 1.54) is 60.9 Å². The summed E-state index contributed by atoms with van der Waals surface area (Å²) in [5.74, 6) is 0. The van der Waals surface area contributed by atoms with Crippen LogP contribution in [0.4, 0.5) is 17.1 Å². The highest BCUT2D eigenvalue weighted by Gasteiger charge is 2.37. The maximum atomic E-state index is 2.42. The van der Waals surface area contributed by atoms with Crippen molar-refractivity contribution in [3.05, 3.63) is 181 Å². The van der Waals surface area contributed by atoms with Gasteiger partial charge in [0.25, 0.3) is 0 Å². The number of rotatable bonds is 5. The fourth-order valence-electron chi connectivity index (χ4n) is 7.77. The van der Waals surface area contributed by atoms with Gasteiger partial charge in [-0.15, -0.1) is 0 Å². The Morgan fingerprint density at radius 2 is 1.09 bits per heavy atom. The smallest absolute Gasteiger partial charge is 0.0542 e. The van der Waals surface area contributed by atoms with Crippen molar-refractivity contribution in [3.63, 3.8) is 0 Å². The largest absolute Gasteiger partial charge is 0.310 e. The predicted octanol–water partition coefficient (Wildman–Crippen LogP) is 12.2. The molecule has 1 aliphatic carbocycles. The van der Waals surface area contributed by atoms with Crippen LogP contribution in [0.1, 0.15) is 25.0 Å². The molecule has 0 N–H and O–H groups in total. The zero-order valence-corrected chi connectivity index (χ0v) is 26.6. The van der Waals surface area contributed by atoms with E-state index in [0.717, 1.165) is 17.1 Å². The lowest BCUT2D eigenvalue weighted by Crippen LogP contribution is -2.15. The number of aromatic nitrogens is 1. The van der Waals surface area contributed by atoms with Gasteiger partial charge in [-0.05, 0) is 94.0 Å². The van der Waals surface area contributed by atoms with Gasteiger partial charge >= 0.3 is 0 Å². The number of hydrogen-bond acceptors (Lipinski definition) is 1. The Morgan fingerprint density at radius 3 is 1.87 bits per heavy atom. The van der Waals surface area contributed by atoms with E-state index in [1.807, 2.05) is 0 Å². The average Bonchev–Trinajstić information content (AvgIpc) is 3.58. The third-order valence-electron chi connectivity index (χ3n) is 9.97. The minimum atomic E-state index is -0.0935. The SMILES string of the molecule is CC1(C)c2ccc(N(c3ccccc3)c3ccc4c(c3)c3ccccc3n4-c3ccccc3)cc2-c2c(-c3ccccc3)cccc21. The molecule has 0 aliphatic heterocycles. The number of nitrogens with zero attached hydrogens (tertiary/aromatic N) is 2. The van der Waals surface area contributed by atoms with E-state index in [9.17, 15) is 0 Å². The molecule has 0 unspecified atom stereocenters. The Labute approximate surface area is 275 Å². The van der Waals surface area contributed by atoms with Gasteiger partial charge in [0.2, 0.25) is 0 Å². The molecule has 1 aliphatic rings. The molecule has 8 aromatic rings. The van der Waals surface area contributed by atoms with E-state index in [2.05, 4.69) is 193 Å². The van der Waals surface area contributed by atoms with Gasteiger partial charge in [0, 0.05) is 38.9 Å². The monoisotopic (exact) mass is 602 g/mol. The number of hydrogen-bond donors (Lipinski definition) is 0. The van der Waals surface area contributed by atoms with Gasteiger partial charge in [-0.25, -0.2) is 0 Å². The molecule has 7 aromatic carbocycles. The molecule has 9 rings (SSSR count). The van der Waals surface area contributed by atoms with Crippen molar-refractivity contribution in [1.82, 2.24) is 4.57 Å².